The number of aromatic nitrogens is 2. The van der Waals surface area contributed by atoms with Crippen molar-refractivity contribution in [3.8, 4) is 5.75 Å². The summed E-state index contributed by atoms with van der Waals surface area (Å²) in [5.41, 5.74) is 2.96. The average Bonchev–Trinajstić information content (AvgIpc) is 2.69. The van der Waals surface area contributed by atoms with Crippen LogP contribution in [0.1, 0.15) is 36.8 Å². The maximum Gasteiger partial charge on any atom is 0.230 e. The first-order valence-electron chi connectivity index (χ1n) is 9.56. The molecule has 1 N–H and O–H groups in total. The molecule has 0 saturated heterocycles. The van der Waals surface area contributed by atoms with E-state index in [0.29, 0.717) is 17.5 Å². The Kier molecular flexibility index (Phi) is 8.73. The standard InChI is InChI=1S/C21H30N4O2S/c1-6-25(7-2)19(17-9-8-10-18(12-17)27-5)13-22-20(26)14-28-21-23-15(3)11-16(4)24-21/h8-12,19H,6-7,13-14H2,1-5H3,(H,22,26). The summed E-state index contributed by atoms with van der Waals surface area (Å²) in [4.78, 5) is 23.5. The number of rotatable bonds is 10. The second kappa shape index (κ2) is 11.0. The fourth-order valence-corrected chi connectivity index (χ4v) is 3.90. The fraction of sp³-hybridized carbons (Fsp3) is 0.476. The van der Waals surface area contributed by atoms with E-state index in [9.17, 15) is 4.79 Å². The lowest BCUT2D eigenvalue weighted by molar-refractivity contribution is -0.118. The van der Waals surface area contributed by atoms with Crippen LogP contribution in [0.5, 0.6) is 5.75 Å². The minimum absolute atomic E-state index is 0.0205. The molecule has 7 heteroatoms. The van der Waals surface area contributed by atoms with E-state index in [2.05, 4.69) is 40.1 Å². The van der Waals surface area contributed by atoms with Gasteiger partial charge in [0.2, 0.25) is 5.91 Å². The van der Waals surface area contributed by atoms with Gasteiger partial charge in [-0.05, 0) is 50.7 Å². The van der Waals surface area contributed by atoms with E-state index < -0.39 is 0 Å². The third-order valence-corrected chi connectivity index (χ3v) is 5.37. The maximum absolute atomic E-state index is 12.4. The molecule has 152 valence electrons. The van der Waals surface area contributed by atoms with Gasteiger partial charge in [0.05, 0.1) is 18.9 Å². The van der Waals surface area contributed by atoms with Crippen LogP contribution in [0.15, 0.2) is 35.5 Å². The molecule has 0 fully saturated rings. The molecule has 1 aromatic carbocycles. The van der Waals surface area contributed by atoms with Crippen LogP contribution in [0.3, 0.4) is 0 Å². The van der Waals surface area contributed by atoms with Crippen LogP contribution < -0.4 is 10.1 Å². The Morgan fingerprint density at radius 2 is 1.86 bits per heavy atom. The number of ether oxygens (including phenoxy) is 1. The molecule has 0 spiro atoms. The van der Waals surface area contributed by atoms with Crippen molar-refractivity contribution in [3.63, 3.8) is 0 Å². The number of hydrogen-bond donors (Lipinski definition) is 1. The quantitative estimate of drug-likeness (QED) is 0.485. The first-order chi connectivity index (χ1) is 13.5. The van der Waals surface area contributed by atoms with E-state index in [4.69, 9.17) is 4.74 Å². The predicted molar refractivity (Wildman–Crippen MR) is 114 cm³/mol. The molecule has 0 saturated carbocycles. The third-order valence-electron chi connectivity index (χ3n) is 4.52. The van der Waals surface area contributed by atoms with Gasteiger partial charge in [0.25, 0.3) is 0 Å². The van der Waals surface area contributed by atoms with Crippen LogP contribution in [0, 0.1) is 13.8 Å². The SMILES string of the molecule is CCN(CC)C(CNC(=O)CSc1nc(C)cc(C)n1)c1cccc(OC)c1. The monoisotopic (exact) mass is 402 g/mol. The zero-order valence-corrected chi connectivity index (χ0v) is 18.2. The lowest BCUT2D eigenvalue weighted by atomic mass is 10.0. The lowest BCUT2D eigenvalue weighted by Crippen LogP contribution is -2.38. The summed E-state index contributed by atoms with van der Waals surface area (Å²) in [7, 11) is 1.67. The highest BCUT2D eigenvalue weighted by atomic mass is 32.2. The molecule has 1 aromatic heterocycles. The number of nitrogens with one attached hydrogen (secondary N) is 1. The van der Waals surface area contributed by atoms with Crippen molar-refractivity contribution < 1.29 is 9.53 Å². The molecule has 0 aliphatic carbocycles. The summed E-state index contributed by atoms with van der Waals surface area (Å²) in [6.45, 7) is 10.5. The first kappa shape index (κ1) is 22.2. The van der Waals surface area contributed by atoms with Crippen molar-refractivity contribution in [1.82, 2.24) is 20.2 Å². The number of nitrogens with zero attached hydrogens (tertiary/aromatic N) is 3. The minimum Gasteiger partial charge on any atom is -0.497 e. The molecule has 1 atom stereocenters. The van der Waals surface area contributed by atoms with Crippen molar-refractivity contribution in [1.29, 1.82) is 0 Å². The Hall–Kier alpha value is -2.12. The third kappa shape index (κ3) is 6.49. The van der Waals surface area contributed by atoms with Crippen LogP contribution >= 0.6 is 11.8 Å². The highest BCUT2D eigenvalue weighted by Crippen LogP contribution is 2.24. The van der Waals surface area contributed by atoms with Crippen LogP contribution in [0.2, 0.25) is 0 Å². The van der Waals surface area contributed by atoms with Gasteiger partial charge in [0, 0.05) is 17.9 Å². The number of benzene rings is 1. The summed E-state index contributed by atoms with van der Waals surface area (Å²) < 4.78 is 5.36. The van der Waals surface area contributed by atoms with Gasteiger partial charge in [0.15, 0.2) is 5.16 Å². The topological polar surface area (TPSA) is 67.4 Å². The Labute approximate surface area is 172 Å². The van der Waals surface area contributed by atoms with Crippen LogP contribution in [-0.4, -0.2) is 53.3 Å². The summed E-state index contributed by atoms with van der Waals surface area (Å²) in [5, 5.41) is 3.71. The van der Waals surface area contributed by atoms with Crippen LogP contribution in [0.25, 0.3) is 0 Å². The number of thioether (sulfide) groups is 1. The molecule has 1 heterocycles. The molecule has 0 aliphatic rings. The number of carbonyl (C=O) groups excluding carboxylic acids is 1. The predicted octanol–water partition coefficient (Wildman–Crippen LogP) is 3.39. The Balaban J connectivity index is 2.00. The van der Waals surface area contributed by atoms with E-state index in [0.717, 1.165) is 35.8 Å². The van der Waals surface area contributed by atoms with E-state index in [1.165, 1.54) is 11.8 Å². The highest BCUT2D eigenvalue weighted by Gasteiger charge is 2.19. The fourth-order valence-electron chi connectivity index (χ4n) is 3.12. The molecule has 2 rings (SSSR count). The van der Waals surface area contributed by atoms with E-state index >= 15 is 0 Å². The molecule has 1 amide bonds. The van der Waals surface area contributed by atoms with Gasteiger partial charge >= 0.3 is 0 Å². The molecule has 28 heavy (non-hydrogen) atoms. The summed E-state index contributed by atoms with van der Waals surface area (Å²) in [5.74, 6) is 1.10. The highest BCUT2D eigenvalue weighted by molar-refractivity contribution is 7.99. The lowest BCUT2D eigenvalue weighted by Gasteiger charge is -2.30. The molecule has 6 nitrogen and oxygen atoms in total. The number of aryl methyl sites for hydroxylation is 2. The zero-order valence-electron chi connectivity index (χ0n) is 17.4. The van der Waals surface area contributed by atoms with Gasteiger partial charge in [-0.15, -0.1) is 0 Å². The number of carbonyl (C=O) groups is 1. The van der Waals surface area contributed by atoms with Crippen LogP contribution in [-0.2, 0) is 4.79 Å². The Bertz CT molecular complexity index is 761. The average molecular weight is 403 g/mol. The van der Waals surface area contributed by atoms with Gasteiger partial charge in [-0.1, -0.05) is 37.7 Å². The molecular weight excluding hydrogens is 372 g/mol. The van der Waals surface area contributed by atoms with Gasteiger partial charge in [0.1, 0.15) is 5.75 Å². The molecule has 0 aliphatic heterocycles. The summed E-state index contributed by atoms with van der Waals surface area (Å²) in [6, 6.07) is 10.0. The first-order valence-corrected chi connectivity index (χ1v) is 10.5. The minimum atomic E-state index is -0.0205. The molecule has 0 radical (unpaired) electrons. The Morgan fingerprint density at radius 3 is 2.46 bits per heavy atom. The summed E-state index contributed by atoms with van der Waals surface area (Å²) in [6.07, 6.45) is 0. The molecular formula is C21H30N4O2S. The molecule has 2 aromatic rings. The second-order valence-corrected chi connectivity index (χ2v) is 7.48. The van der Waals surface area contributed by atoms with Gasteiger partial charge in [-0.25, -0.2) is 9.97 Å². The zero-order chi connectivity index (χ0) is 20.5. The second-order valence-electron chi connectivity index (χ2n) is 6.54. The van der Waals surface area contributed by atoms with Gasteiger partial charge in [-0.2, -0.15) is 0 Å². The largest absolute Gasteiger partial charge is 0.497 e. The smallest absolute Gasteiger partial charge is 0.230 e. The maximum atomic E-state index is 12.4. The number of likely N-dealkylation sites (N-methyl/N-ethyl adjacent to an activating group) is 1. The van der Waals surface area contributed by atoms with Crippen molar-refractivity contribution >= 4 is 17.7 Å². The van der Waals surface area contributed by atoms with E-state index in [1.807, 2.05) is 38.1 Å². The van der Waals surface area contributed by atoms with E-state index in [1.54, 1.807) is 7.11 Å². The normalized spacial score (nSPS) is 12.1. The summed E-state index contributed by atoms with van der Waals surface area (Å²) >= 11 is 1.36. The van der Waals surface area contributed by atoms with Gasteiger partial charge in [-0.3, -0.25) is 9.69 Å². The van der Waals surface area contributed by atoms with Crippen molar-refractivity contribution in [2.45, 2.75) is 38.9 Å². The number of amides is 1. The van der Waals surface area contributed by atoms with E-state index in [-0.39, 0.29) is 11.9 Å². The molecule has 1 unspecified atom stereocenters. The van der Waals surface area contributed by atoms with Crippen LogP contribution in [0.4, 0.5) is 0 Å². The number of methoxy groups -OCH3 is 1. The number of hydrogen-bond acceptors (Lipinski definition) is 6. The van der Waals surface area contributed by atoms with Crippen molar-refractivity contribution in [2.24, 2.45) is 0 Å². The Morgan fingerprint density at radius 1 is 1.18 bits per heavy atom. The van der Waals surface area contributed by atoms with Crippen molar-refractivity contribution in [2.75, 3.05) is 32.5 Å². The van der Waals surface area contributed by atoms with Crippen molar-refractivity contribution in [3.05, 3.63) is 47.3 Å². The van der Waals surface area contributed by atoms with Gasteiger partial charge < -0.3 is 10.1 Å². The molecule has 0 bridgehead atoms.